The number of anilines is 1. The number of rotatable bonds is 14. The summed E-state index contributed by atoms with van der Waals surface area (Å²) in [4.78, 5) is 1.89. The number of methoxy groups -OCH3 is 3. The predicted octanol–water partition coefficient (Wildman–Crippen LogP) is 3.40. The van der Waals surface area contributed by atoms with Gasteiger partial charge < -0.3 is 38.8 Å². The lowest BCUT2D eigenvalue weighted by Crippen LogP contribution is -2.41. The van der Waals surface area contributed by atoms with Crippen LogP contribution in [0.1, 0.15) is 0 Å². The third-order valence-electron chi connectivity index (χ3n) is 5.30. The van der Waals surface area contributed by atoms with Gasteiger partial charge in [0.15, 0.2) is 0 Å². The molecule has 0 aliphatic heterocycles. The maximum atomic E-state index is 10.7. The van der Waals surface area contributed by atoms with Crippen LogP contribution in [0.2, 0.25) is 0 Å². The van der Waals surface area contributed by atoms with Gasteiger partial charge in [-0.15, -0.1) is 0 Å². The van der Waals surface area contributed by atoms with Crippen molar-refractivity contribution >= 4 is 5.69 Å². The highest BCUT2D eigenvalue weighted by Gasteiger charge is 2.18. The minimum atomic E-state index is -0.797. The number of aliphatic hydroxyl groups is 2. The van der Waals surface area contributed by atoms with Gasteiger partial charge in [0.2, 0.25) is 0 Å². The Hall–Kier alpha value is -3.62. The third-order valence-corrected chi connectivity index (χ3v) is 5.30. The average molecular weight is 484 g/mol. The van der Waals surface area contributed by atoms with E-state index in [4.69, 9.17) is 23.7 Å². The van der Waals surface area contributed by atoms with E-state index in [0.717, 1.165) is 22.9 Å². The fraction of sp³-hybridized carbons (Fsp3) is 0.333. The fourth-order valence-electron chi connectivity index (χ4n) is 3.42. The highest BCUT2D eigenvalue weighted by molar-refractivity contribution is 5.49. The molecule has 0 heterocycles. The average Bonchev–Trinajstić information content (AvgIpc) is 2.91. The van der Waals surface area contributed by atoms with Gasteiger partial charge >= 0.3 is 0 Å². The molecule has 2 atom stereocenters. The summed E-state index contributed by atoms with van der Waals surface area (Å²) >= 11 is 0. The molecular formula is C27H33NO7. The molecule has 0 radical (unpaired) electrons. The molecule has 0 aliphatic carbocycles. The van der Waals surface area contributed by atoms with Crippen LogP contribution >= 0.6 is 0 Å². The van der Waals surface area contributed by atoms with Crippen LogP contribution in [0.4, 0.5) is 5.69 Å². The Kier molecular flexibility index (Phi) is 9.89. The first-order valence-corrected chi connectivity index (χ1v) is 11.3. The van der Waals surface area contributed by atoms with E-state index in [0.29, 0.717) is 11.5 Å². The summed E-state index contributed by atoms with van der Waals surface area (Å²) in [7, 11) is 4.81. The Morgan fingerprint density at radius 1 is 0.543 bits per heavy atom. The van der Waals surface area contributed by atoms with Gasteiger partial charge in [0.1, 0.15) is 54.2 Å². The van der Waals surface area contributed by atoms with E-state index >= 15 is 0 Å². The molecule has 2 unspecified atom stereocenters. The molecule has 188 valence electrons. The first-order chi connectivity index (χ1) is 17.0. The second kappa shape index (κ2) is 13.3. The number of aliphatic hydroxyl groups excluding tert-OH is 2. The minimum absolute atomic E-state index is 0.0947. The Morgan fingerprint density at radius 2 is 0.857 bits per heavy atom. The summed E-state index contributed by atoms with van der Waals surface area (Å²) in [6.07, 6.45) is -1.59. The summed E-state index contributed by atoms with van der Waals surface area (Å²) in [5.41, 5.74) is 0.831. The quantitative estimate of drug-likeness (QED) is 0.361. The van der Waals surface area contributed by atoms with E-state index < -0.39 is 12.2 Å². The molecule has 0 bridgehead atoms. The third kappa shape index (κ3) is 8.27. The fourth-order valence-corrected chi connectivity index (χ4v) is 3.42. The zero-order chi connectivity index (χ0) is 25.0. The van der Waals surface area contributed by atoms with E-state index in [9.17, 15) is 10.2 Å². The highest BCUT2D eigenvalue weighted by atomic mass is 16.5. The van der Waals surface area contributed by atoms with Crippen molar-refractivity contribution in [2.45, 2.75) is 12.2 Å². The Morgan fingerprint density at radius 3 is 1.20 bits per heavy atom. The van der Waals surface area contributed by atoms with Gasteiger partial charge in [-0.2, -0.15) is 0 Å². The molecule has 0 spiro atoms. The number of hydrogen-bond acceptors (Lipinski definition) is 8. The van der Waals surface area contributed by atoms with Crippen LogP contribution in [-0.4, -0.2) is 70.1 Å². The van der Waals surface area contributed by atoms with Gasteiger partial charge in [-0.1, -0.05) is 0 Å². The standard InChI is InChI=1S/C27H33NO7/c1-31-23-6-4-20(5-7-23)28(16-21(29)18-34-26-12-8-24(32-2)9-13-26)17-22(30)19-35-27-14-10-25(33-3)11-15-27/h4-15,21-22,29-30H,16-19H2,1-3H3. The second-order valence-electron chi connectivity index (χ2n) is 7.88. The largest absolute Gasteiger partial charge is 0.497 e. The van der Waals surface area contributed by atoms with Crippen molar-refractivity contribution in [3.05, 3.63) is 72.8 Å². The van der Waals surface area contributed by atoms with Crippen molar-refractivity contribution in [1.82, 2.24) is 0 Å². The van der Waals surface area contributed by atoms with Crippen LogP contribution in [-0.2, 0) is 0 Å². The smallest absolute Gasteiger partial charge is 0.119 e. The van der Waals surface area contributed by atoms with Gasteiger partial charge in [0.25, 0.3) is 0 Å². The molecule has 0 saturated heterocycles. The molecule has 3 aromatic carbocycles. The number of nitrogens with zero attached hydrogens (tertiary/aromatic N) is 1. The molecule has 2 N–H and O–H groups in total. The lowest BCUT2D eigenvalue weighted by atomic mass is 10.2. The minimum Gasteiger partial charge on any atom is -0.497 e. The van der Waals surface area contributed by atoms with Gasteiger partial charge in [0, 0.05) is 18.8 Å². The molecule has 3 rings (SSSR count). The second-order valence-corrected chi connectivity index (χ2v) is 7.88. The maximum absolute atomic E-state index is 10.7. The topological polar surface area (TPSA) is 89.9 Å². The van der Waals surface area contributed by atoms with E-state index in [1.807, 2.05) is 29.2 Å². The summed E-state index contributed by atoms with van der Waals surface area (Å²) in [6, 6.07) is 21.8. The lowest BCUT2D eigenvalue weighted by molar-refractivity contribution is 0.0954. The van der Waals surface area contributed by atoms with E-state index in [2.05, 4.69) is 0 Å². The van der Waals surface area contributed by atoms with Crippen molar-refractivity contribution in [2.75, 3.05) is 52.5 Å². The molecular weight excluding hydrogens is 450 g/mol. The summed E-state index contributed by atoms with van der Waals surface area (Å²) in [6.45, 7) is 0.693. The van der Waals surface area contributed by atoms with Crippen molar-refractivity contribution in [3.8, 4) is 28.7 Å². The number of ether oxygens (including phenoxy) is 5. The van der Waals surface area contributed by atoms with Crippen molar-refractivity contribution < 1.29 is 33.9 Å². The van der Waals surface area contributed by atoms with E-state index in [-0.39, 0.29) is 26.3 Å². The van der Waals surface area contributed by atoms with Crippen LogP contribution in [0.3, 0.4) is 0 Å². The summed E-state index contributed by atoms with van der Waals surface area (Å²) < 4.78 is 27.0. The monoisotopic (exact) mass is 483 g/mol. The van der Waals surface area contributed by atoms with Gasteiger partial charge in [-0.05, 0) is 72.8 Å². The van der Waals surface area contributed by atoms with Crippen molar-refractivity contribution in [2.24, 2.45) is 0 Å². The Labute approximate surface area is 206 Å². The zero-order valence-electron chi connectivity index (χ0n) is 20.3. The lowest BCUT2D eigenvalue weighted by Gasteiger charge is -2.29. The van der Waals surface area contributed by atoms with Crippen LogP contribution in [0.15, 0.2) is 72.8 Å². The van der Waals surface area contributed by atoms with Gasteiger partial charge in [-0.3, -0.25) is 0 Å². The molecule has 8 heteroatoms. The molecule has 3 aromatic rings. The molecule has 0 saturated carbocycles. The van der Waals surface area contributed by atoms with E-state index in [1.54, 1.807) is 69.9 Å². The molecule has 0 amide bonds. The number of benzene rings is 3. The van der Waals surface area contributed by atoms with Crippen LogP contribution in [0.5, 0.6) is 28.7 Å². The van der Waals surface area contributed by atoms with Crippen molar-refractivity contribution in [1.29, 1.82) is 0 Å². The molecule has 0 aliphatic rings. The van der Waals surface area contributed by atoms with Crippen LogP contribution in [0, 0.1) is 0 Å². The molecule has 8 nitrogen and oxygen atoms in total. The van der Waals surface area contributed by atoms with Crippen LogP contribution < -0.4 is 28.6 Å². The first-order valence-electron chi connectivity index (χ1n) is 11.3. The maximum Gasteiger partial charge on any atom is 0.119 e. The van der Waals surface area contributed by atoms with E-state index in [1.165, 1.54) is 0 Å². The SMILES string of the molecule is COc1ccc(OCC(O)CN(CC(O)COc2ccc(OC)cc2)c2ccc(OC)cc2)cc1. The normalized spacial score (nSPS) is 12.4. The van der Waals surface area contributed by atoms with Gasteiger partial charge in [-0.25, -0.2) is 0 Å². The zero-order valence-corrected chi connectivity index (χ0v) is 20.3. The molecule has 35 heavy (non-hydrogen) atoms. The van der Waals surface area contributed by atoms with Gasteiger partial charge in [0.05, 0.1) is 21.3 Å². The Bertz CT molecular complexity index is 934. The van der Waals surface area contributed by atoms with Crippen LogP contribution in [0.25, 0.3) is 0 Å². The first kappa shape index (κ1) is 26.0. The summed E-state index contributed by atoms with van der Waals surface area (Å²) in [5.74, 6) is 3.45. The van der Waals surface area contributed by atoms with Crippen molar-refractivity contribution in [3.63, 3.8) is 0 Å². The number of hydrogen-bond donors (Lipinski definition) is 2. The summed E-state index contributed by atoms with van der Waals surface area (Å²) in [5, 5.41) is 21.3. The predicted molar refractivity (Wildman–Crippen MR) is 134 cm³/mol. The molecule has 0 fully saturated rings. The Balaban J connectivity index is 1.59. The molecule has 0 aromatic heterocycles. The highest BCUT2D eigenvalue weighted by Crippen LogP contribution is 2.22.